The fourth-order valence-corrected chi connectivity index (χ4v) is 1.33. The lowest BCUT2D eigenvalue weighted by molar-refractivity contribution is -0.136. The molecule has 0 amide bonds. The molecule has 0 aliphatic carbocycles. The van der Waals surface area contributed by atoms with Gasteiger partial charge in [-0.05, 0) is 12.5 Å². The van der Waals surface area contributed by atoms with Crippen molar-refractivity contribution in [3.05, 3.63) is 35.9 Å². The number of hydrogen-bond acceptors (Lipinski definition) is 3. The number of aliphatic hydroxyl groups is 1. The summed E-state index contributed by atoms with van der Waals surface area (Å²) in [5, 5.41) is 9.35. The Morgan fingerprint density at radius 3 is 2.36 bits per heavy atom. The van der Waals surface area contributed by atoms with Crippen LogP contribution < -0.4 is 5.73 Å². The fraction of sp³-hybridized carbons (Fsp3) is 0.364. The number of rotatable bonds is 3. The first-order chi connectivity index (χ1) is 6.43. The first kappa shape index (κ1) is 10.9. The maximum absolute atomic E-state index is 11.6. The highest BCUT2D eigenvalue weighted by atomic mass is 16.3. The SMILES string of the molecule is CC(C(=O)C(C)(N)O)c1ccccc1. The van der Waals surface area contributed by atoms with E-state index in [2.05, 4.69) is 0 Å². The van der Waals surface area contributed by atoms with Crippen molar-refractivity contribution in [3.63, 3.8) is 0 Å². The second-order valence-electron chi connectivity index (χ2n) is 3.64. The van der Waals surface area contributed by atoms with E-state index in [1.807, 2.05) is 30.3 Å². The maximum Gasteiger partial charge on any atom is 0.185 e. The molecule has 2 atom stereocenters. The summed E-state index contributed by atoms with van der Waals surface area (Å²) < 4.78 is 0. The van der Waals surface area contributed by atoms with Gasteiger partial charge in [-0.15, -0.1) is 0 Å². The summed E-state index contributed by atoms with van der Waals surface area (Å²) in [4.78, 5) is 11.6. The predicted molar refractivity (Wildman–Crippen MR) is 54.7 cm³/mol. The van der Waals surface area contributed by atoms with E-state index in [0.29, 0.717) is 0 Å². The summed E-state index contributed by atoms with van der Waals surface area (Å²) in [5.41, 5.74) is 4.43. The van der Waals surface area contributed by atoms with Crippen LogP contribution in [0.3, 0.4) is 0 Å². The third-order valence-electron chi connectivity index (χ3n) is 2.19. The average molecular weight is 193 g/mol. The van der Waals surface area contributed by atoms with Crippen LogP contribution in [0, 0.1) is 0 Å². The molecular weight excluding hydrogens is 178 g/mol. The van der Waals surface area contributed by atoms with Gasteiger partial charge in [-0.1, -0.05) is 37.3 Å². The van der Waals surface area contributed by atoms with Crippen LogP contribution in [0.15, 0.2) is 30.3 Å². The average Bonchev–Trinajstić information content (AvgIpc) is 2.15. The summed E-state index contributed by atoms with van der Waals surface area (Å²) >= 11 is 0. The van der Waals surface area contributed by atoms with Gasteiger partial charge in [0.05, 0.1) is 0 Å². The Morgan fingerprint density at radius 2 is 1.93 bits per heavy atom. The van der Waals surface area contributed by atoms with E-state index < -0.39 is 5.72 Å². The number of benzene rings is 1. The van der Waals surface area contributed by atoms with Crippen molar-refractivity contribution >= 4 is 5.78 Å². The van der Waals surface area contributed by atoms with Gasteiger partial charge < -0.3 is 5.11 Å². The van der Waals surface area contributed by atoms with E-state index in [9.17, 15) is 9.90 Å². The van der Waals surface area contributed by atoms with Crippen molar-refractivity contribution in [2.75, 3.05) is 0 Å². The molecule has 0 heterocycles. The molecule has 0 saturated heterocycles. The fourth-order valence-electron chi connectivity index (χ4n) is 1.33. The molecule has 76 valence electrons. The van der Waals surface area contributed by atoms with Gasteiger partial charge in [0, 0.05) is 5.92 Å². The smallest absolute Gasteiger partial charge is 0.185 e. The van der Waals surface area contributed by atoms with Crippen LogP contribution in [0.5, 0.6) is 0 Å². The van der Waals surface area contributed by atoms with Crippen LogP contribution in [-0.2, 0) is 4.79 Å². The molecule has 1 aromatic carbocycles. The van der Waals surface area contributed by atoms with E-state index >= 15 is 0 Å². The van der Waals surface area contributed by atoms with E-state index in [1.54, 1.807) is 6.92 Å². The van der Waals surface area contributed by atoms with Crippen molar-refractivity contribution < 1.29 is 9.90 Å². The van der Waals surface area contributed by atoms with Gasteiger partial charge in [0.2, 0.25) is 0 Å². The molecule has 0 aliphatic heterocycles. The second kappa shape index (κ2) is 3.90. The van der Waals surface area contributed by atoms with Crippen molar-refractivity contribution in [1.29, 1.82) is 0 Å². The molecule has 3 heteroatoms. The van der Waals surface area contributed by atoms with Gasteiger partial charge in [0.25, 0.3) is 0 Å². The lowest BCUT2D eigenvalue weighted by Crippen LogP contribution is -2.46. The number of ketones is 1. The molecule has 0 bridgehead atoms. The molecule has 0 aliphatic rings. The minimum atomic E-state index is -1.75. The van der Waals surface area contributed by atoms with E-state index in [1.165, 1.54) is 6.92 Å². The molecule has 1 aromatic rings. The molecule has 0 saturated carbocycles. The number of Topliss-reactive ketones (excluding diaryl/α,β-unsaturated/α-hetero) is 1. The van der Waals surface area contributed by atoms with Crippen LogP contribution in [-0.4, -0.2) is 16.6 Å². The summed E-state index contributed by atoms with van der Waals surface area (Å²) in [6.45, 7) is 3.04. The third kappa shape index (κ3) is 2.40. The lowest BCUT2D eigenvalue weighted by Gasteiger charge is -2.20. The van der Waals surface area contributed by atoms with Gasteiger partial charge in [0.1, 0.15) is 0 Å². The molecule has 3 N–H and O–H groups in total. The zero-order valence-electron chi connectivity index (χ0n) is 8.40. The van der Waals surface area contributed by atoms with E-state index in [0.717, 1.165) is 5.56 Å². The van der Waals surface area contributed by atoms with Gasteiger partial charge in [-0.3, -0.25) is 10.5 Å². The first-order valence-electron chi connectivity index (χ1n) is 4.53. The zero-order valence-corrected chi connectivity index (χ0v) is 8.40. The molecule has 0 aromatic heterocycles. The van der Waals surface area contributed by atoms with Crippen LogP contribution in [0.1, 0.15) is 25.3 Å². The summed E-state index contributed by atoms with van der Waals surface area (Å²) in [5.74, 6) is -0.750. The quantitative estimate of drug-likeness (QED) is 0.705. The van der Waals surface area contributed by atoms with Gasteiger partial charge in [-0.2, -0.15) is 0 Å². The number of carbonyl (C=O) groups excluding carboxylic acids is 1. The Hall–Kier alpha value is -1.19. The second-order valence-corrected chi connectivity index (χ2v) is 3.64. The Kier molecular flexibility index (Phi) is 3.03. The largest absolute Gasteiger partial charge is 0.369 e. The minimum absolute atomic E-state index is 0.372. The zero-order chi connectivity index (χ0) is 10.8. The molecule has 0 radical (unpaired) electrons. The molecule has 2 unspecified atom stereocenters. The number of hydrogen-bond donors (Lipinski definition) is 2. The Morgan fingerprint density at radius 1 is 1.43 bits per heavy atom. The van der Waals surface area contributed by atoms with Crippen molar-refractivity contribution in [2.24, 2.45) is 5.73 Å². The Bertz CT molecular complexity index is 314. The summed E-state index contributed by atoms with van der Waals surface area (Å²) in [6, 6.07) is 9.26. The molecular formula is C11H15NO2. The van der Waals surface area contributed by atoms with Gasteiger partial charge >= 0.3 is 0 Å². The van der Waals surface area contributed by atoms with Crippen molar-refractivity contribution in [3.8, 4) is 0 Å². The summed E-state index contributed by atoms with van der Waals surface area (Å²) in [6.07, 6.45) is 0. The minimum Gasteiger partial charge on any atom is -0.369 e. The highest BCUT2D eigenvalue weighted by molar-refractivity contribution is 5.91. The lowest BCUT2D eigenvalue weighted by atomic mass is 9.92. The van der Waals surface area contributed by atoms with Gasteiger partial charge in [0.15, 0.2) is 11.5 Å². The highest BCUT2D eigenvalue weighted by Gasteiger charge is 2.29. The maximum atomic E-state index is 11.6. The third-order valence-corrected chi connectivity index (χ3v) is 2.19. The monoisotopic (exact) mass is 193 g/mol. The van der Waals surface area contributed by atoms with Crippen LogP contribution in [0.2, 0.25) is 0 Å². The van der Waals surface area contributed by atoms with E-state index in [-0.39, 0.29) is 11.7 Å². The number of carbonyl (C=O) groups is 1. The topological polar surface area (TPSA) is 63.3 Å². The Balaban J connectivity index is 2.87. The molecule has 3 nitrogen and oxygen atoms in total. The van der Waals surface area contributed by atoms with Crippen LogP contribution in [0.4, 0.5) is 0 Å². The predicted octanol–water partition coefficient (Wildman–Crippen LogP) is 1.03. The summed E-state index contributed by atoms with van der Waals surface area (Å²) in [7, 11) is 0. The van der Waals surface area contributed by atoms with Crippen molar-refractivity contribution in [1.82, 2.24) is 0 Å². The molecule has 14 heavy (non-hydrogen) atoms. The van der Waals surface area contributed by atoms with E-state index in [4.69, 9.17) is 5.73 Å². The highest BCUT2D eigenvalue weighted by Crippen LogP contribution is 2.19. The normalized spacial score (nSPS) is 17.1. The Labute approximate surface area is 83.6 Å². The van der Waals surface area contributed by atoms with Crippen LogP contribution in [0.25, 0.3) is 0 Å². The molecule has 1 rings (SSSR count). The number of nitrogens with two attached hydrogens (primary N) is 1. The first-order valence-corrected chi connectivity index (χ1v) is 4.53. The molecule has 0 fully saturated rings. The van der Waals surface area contributed by atoms with Gasteiger partial charge in [-0.25, -0.2) is 0 Å². The standard InChI is InChI=1S/C11H15NO2/c1-8(10(13)11(2,12)14)9-6-4-3-5-7-9/h3-8,14H,12H2,1-2H3. The van der Waals surface area contributed by atoms with Crippen LogP contribution >= 0.6 is 0 Å². The molecule has 0 spiro atoms. The van der Waals surface area contributed by atoms with Crippen molar-refractivity contribution in [2.45, 2.75) is 25.5 Å².